The largest absolute Gasteiger partial charge is 0.0625 e. The monoisotopic (exact) mass is 264 g/mol. The molecule has 1 saturated carbocycles. The summed E-state index contributed by atoms with van der Waals surface area (Å²) in [6.07, 6.45) is 5.52. The Morgan fingerprint density at radius 3 is 1.75 bits per heavy atom. The van der Waals surface area contributed by atoms with Crippen LogP contribution in [0.3, 0.4) is 0 Å². The normalized spacial score (nSPS) is 22.7. The molecule has 0 N–H and O–H groups in total. The van der Waals surface area contributed by atoms with E-state index in [1.165, 1.54) is 47.9 Å². The van der Waals surface area contributed by atoms with E-state index >= 15 is 0 Å². The van der Waals surface area contributed by atoms with E-state index in [1.807, 2.05) is 0 Å². The number of benzene rings is 2. The average Bonchev–Trinajstić information content (AvgIpc) is 2.49. The van der Waals surface area contributed by atoms with Crippen LogP contribution in [0.5, 0.6) is 0 Å². The van der Waals surface area contributed by atoms with Crippen molar-refractivity contribution in [1.29, 1.82) is 0 Å². The van der Waals surface area contributed by atoms with Crippen molar-refractivity contribution in [3.8, 4) is 11.1 Å². The fourth-order valence-electron chi connectivity index (χ4n) is 3.29. The number of hydrogen-bond donors (Lipinski definition) is 0. The third kappa shape index (κ3) is 2.95. The third-order valence-corrected chi connectivity index (χ3v) is 4.78. The maximum atomic E-state index is 2.39. The molecule has 0 amide bonds. The van der Waals surface area contributed by atoms with Gasteiger partial charge in [0, 0.05) is 0 Å². The van der Waals surface area contributed by atoms with Crippen molar-refractivity contribution >= 4 is 0 Å². The molecule has 0 bridgehead atoms. The van der Waals surface area contributed by atoms with Gasteiger partial charge in [-0.1, -0.05) is 73.9 Å². The maximum absolute atomic E-state index is 2.39. The molecule has 0 atom stereocenters. The van der Waals surface area contributed by atoms with E-state index in [4.69, 9.17) is 0 Å². The summed E-state index contributed by atoms with van der Waals surface area (Å²) < 4.78 is 0. The van der Waals surface area contributed by atoms with Gasteiger partial charge in [0.1, 0.15) is 0 Å². The molecule has 104 valence electrons. The first-order valence-corrected chi connectivity index (χ1v) is 7.89. The fraction of sp³-hybridized carbons (Fsp3) is 0.400. The molecule has 20 heavy (non-hydrogen) atoms. The van der Waals surface area contributed by atoms with Gasteiger partial charge in [0.05, 0.1) is 0 Å². The van der Waals surface area contributed by atoms with Gasteiger partial charge >= 0.3 is 0 Å². The maximum Gasteiger partial charge on any atom is -0.0162 e. The Morgan fingerprint density at radius 2 is 1.20 bits per heavy atom. The molecule has 0 spiro atoms. The van der Waals surface area contributed by atoms with E-state index in [-0.39, 0.29) is 0 Å². The molecule has 0 radical (unpaired) electrons. The average molecular weight is 264 g/mol. The van der Waals surface area contributed by atoms with Gasteiger partial charge in [0.25, 0.3) is 0 Å². The zero-order valence-electron chi connectivity index (χ0n) is 12.6. The van der Waals surface area contributed by atoms with Crippen molar-refractivity contribution < 1.29 is 0 Å². The quantitative estimate of drug-likeness (QED) is 0.628. The first kappa shape index (κ1) is 13.4. The Hall–Kier alpha value is -1.56. The van der Waals surface area contributed by atoms with Crippen LogP contribution in [0.1, 0.15) is 49.7 Å². The molecule has 1 aliphatic carbocycles. The molecule has 0 unspecified atom stereocenters. The van der Waals surface area contributed by atoms with Gasteiger partial charge in [-0.15, -0.1) is 0 Å². The van der Waals surface area contributed by atoms with E-state index in [2.05, 4.69) is 62.4 Å². The van der Waals surface area contributed by atoms with Crippen molar-refractivity contribution in [2.45, 2.75) is 45.4 Å². The molecule has 0 heterocycles. The van der Waals surface area contributed by atoms with Crippen LogP contribution in [0.4, 0.5) is 0 Å². The van der Waals surface area contributed by atoms with E-state index in [1.54, 1.807) is 0 Å². The van der Waals surface area contributed by atoms with Crippen molar-refractivity contribution in [3.05, 3.63) is 59.7 Å². The van der Waals surface area contributed by atoms with Crippen molar-refractivity contribution in [2.24, 2.45) is 5.92 Å². The number of hydrogen-bond acceptors (Lipinski definition) is 0. The Kier molecular flexibility index (Phi) is 3.91. The standard InChI is InChI=1S/C20H24/c1-15-3-7-17(8-4-15)19-11-13-20(14-12-19)18-9-5-16(2)6-10-18/h3-4,7-8,11-14,16,18H,5-6,9-10H2,1-2H3. The van der Waals surface area contributed by atoms with Crippen LogP contribution >= 0.6 is 0 Å². The molecule has 0 saturated heterocycles. The molecular formula is C20H24. The van der Waals surface area contributed by atoms with Gasteiger partial charge in [0.15, 0.2) is 0 Å². The second-order valence-corrected chi connectivity index (χ2v) is 6.44. The minimum absolute atomic E-state index is 0.790. The zero-order valence-corrected chi connectivity index (χ0v) is 12.6. The van der Waals surface area contributed by atoms with E-state index in [9.17, 15) is 0 Å². The minimum atomic E-state index is 0.790. The van der Waals surface area contributed by atoms with Crippen LogP contribution in [0.2, 0.25) is 0 Å². The molecule has 0 nitrogen and oxygen atoms in total. The molecule has 2 aromatic rings. The smallest absolute Gasteiger partial charge is 0.0162 e. The lowest BCUT2D eigenvalue weighted by molar-refractivity contribution is 0.348. The summed E-state index contributed by atoms with van der Waals surface area (Å²) >= 11 is 0. The highest BCUT2D eigenvalue weighted by Crippen LogP contribution is 2.36. The second kappa shape index (κ2) is 5.83. The van der Waals surface area contributed by atoms with E-state index in [0.717, 1.165) is 11.8 Å². The molecule has 3 rings (SSSR count). The summed E-state index contributed by atoms with van der Waals surface area (Å²) in [5.74, 6) is 1.72. The van der Waals surface area contributed by atoms with Gasteiger partial charge in [-0.05, 0) is 48.3 Å². The Morgan fingerprint density at radius 1 is 0.700 bits per heavy atom. The summed E-state index contributed by atoms with van der Waals surface area (Å²) in [6, 6.07) is 18.1. The highest BCUT2D eigenvalue weighted by atomic mass is 14.2. The van der Waals surface area contributed by atoms with Crippen molar-refractivity contribution in [3.63, 3.8) is 0 Å². The Balaban J connectivity index is 1.76. The zero-order chi connectivity index (χ0) is 13.9. The lowest BCUT2D eigenvalue weighted by Crippen LogP contribution is -2.10. The van der Waals surface area contributed by atoms with Crippen LogP contribution in [-0.2, 0) is 0 Å². The van der Waals surface area contributed by atoms with Crippen LogP contribution < -0.4 is 0 Å². The molecule has 0 heteroatoms. The summed E-state index contributed by atoms with van der Waals surface area (Å²) in [7, 11) is 0. The van der Waals surface area contributed by atoms with Gasteiger partial charge in [-0.2, -0.15) is 0 Å². The highest BCUT2D eigenvalue weighted by molar-refractivity contribution is 5.64. The fourth-order valence-corrected chi connectivity index (χ4v) is 3.29. The summed E-state index contributed by atoms with van der Waals surface area (Å²) in [5.41, 5.74) is 5.51. The molecule has 1 fully saturated rings. The highest BCUT2D eigenvalue weighted by Gasteiger charge is 2.19. The predicted molar refractivity (Wildman–Crippen MR) is 87.0 cm³/mol. The number of rotatable bonds is 2. The van der Waals surface area contributed by atoms with E-state index < -0.39 is 0 Å². The van der Waals surface area contributed by atoms with Gasteiger partial charge < -0.3 is 0 Å². The van der Waals surface area contributed by atoms with Crippen LogP contribution in [-0.4, -0.2) is 0 Å². The second-order valence-electron chi connectivity index (χ2n) is 6.44. The SMILES string of the molecule is Cc1ccc(-c2ccc(C3CCC(C)CC3)cc2)cc1. The van der Waals surface area contributed by atoms with Crippen molar-refractivity contribution in [1.82, 2.24) is 0 Å². The summed E-state index contributed by atoms with van der Waals surface area (Å²) in [4.78, 5) is 0. The molecule has 0 aromatic heterocycles. The molecule has 0 aliphatic heterocycles. The Bertz CT molecular complexity index is 540. The predicted octanol–water partition coefficient (Wildman–Crippen LogP) is 5.96. The molecular weight excluding hydrogens is 240 g/mol. The van der Waals surface area contributed by atoms with Crippen molar-refractivity contribution in [2.75, 3.05) is 0 Å². The van der Waals surface area contributed by atoms with E-state index in [0.29, 0.717) is 0 Å². The topological polar surface area (TPSA) is 0 Å². The van der Waals surface area contributed by atoms with Gasteiger partial charge in [0.2, 0.25) is 0 Å². The van der Waals surface area contributed by atoms with Gasteiger partial charge in [-0.3, -0.25) is 0 Å². The first-order chi connectivity index (χ1) is 9.72. The molecule has 2 aromatic carbocycles. The Labute approximate surface area is 122 Å². The third-order valence-electron chi connectivity index (χ3n) is 4.78. The van der Waals surface area contributed by atoms with Gasteiger partial charge in [-0.25, -0.2) is 0 Å². The minimum Gasteiger partial charge on any atom is -0.0625 e. The summed E-state index contributed by atoms with van der Waals surface area (Å²) in [6.45, 7) is 4.52. The lowest BCUT2D eigenvalue weighted by atomic mass is 9.79. The summed E-state index contributed by atoms with van der Waals surface area (Å²) in [5, 5.41) is 0. The lowest BCUT2D eigenvalue weighted by Gasteiger charge is -2.26. The molecule has 1 aliphatic rings. The van der Waals surface area contributed by atoms with Crippen LogP contribution in [0.25, 0.3) is 11.1 Å². The first-order valence-electron chi connectivity index (χ1n) is 7.89. The van der Waals surface area contributed by atoms with Crippen LogP contribution in [0.15, 0.2) is 48.5 Å². The van der Waals surface area contributed by atoms with Crippen LogP contribution in [0, 0.1) is 12.8 Å². The number of aryl methyl sites for hydroxylation is 1.